The van der Waals surface area contributed by atoms with Gasteiger partial charge < -0.3 is 43.6 Å². The average molecular weight is 1500 g/mol. The van der Waals surface area contributed by atoms with Crippen LogP contribution in [0.1, 0.15) is 161 Å². The van der Waals surface area contributed by atoms with E-state index in [2.05, 4.69) is 165 Å². The van der Waals surface area contributed by atoms with Crippen LogP contribution >= 0.6 is 11.6 Å². The number of halogens is 1. The fourth-order valence-electron chi connectivity index (χ4n) is 16.7. The van der Waals surface area contributed by atoms with Crippen molar-refractivity contribution in [1.82, 2.24) is 54.8 Å². The third kappa shape index (κ3) is 15.4. The van der Waals surface area contributed by atoms with Gasteiger partial charge in [0.2, 0.25) is 5.88 Å². The van der Waals surface area contributed by atoms with Crippen molar-refractivity contribution in [2.45, 2.75) is 118 Å². The number of methoxy groups -OCH3 is 4. The number of fused-ring (bicyclic) bond motifs is 3. The summed E-state index contributed by atoms with van der Waals surface area (Å²) in [5.41, 5.74) is 28.2. The number of pyridine rings is 1. The van der Waals surface area contributed by atoms with Gasteiger partial charge in [-0.1, -0.05) is 102 Å². The van der Waals surface area contributed by atoms with Crippen LogP contribution in [-0.4, -0.2) is 128 Å². The first kappa shape index (κ1) is 73.6. The molecule has 0 bridgehead atoms. The first-order valence-electron chi connectivity index (χ1n) is 38.6. The number of anilines is 3. The van der Waals surface area contributed by atoms with Gasteiger partial charge in [-0.2, -0.15) is 0 Å². The van der Waals surface area contributed by atoms with Crippen molar-refractivity contribution in [2.24, 2.45) is 10.4 Å². The van der Waals surface area contributed by atoms with Crippen LogP contribution in [-0.2, 0) is 19.3 Å². The normalized spacial score (nSPS) is 16.5. The Morgan fingerprint density at radius 3 is 1.36 bits per heavy atom. The summed E-state index contributed by atoms with van der Waals surface area (Å²) in [5.74, 6) is 8.98. The van der Waals surface area contributed by atoms with Gasteiger partial charge in [0.05, 0.1) is 56.9 Å². The lowest BCUT2D eigenvalue weighted by Crippen LogP contribution is -2.43. The second-order valence-corrected chi connectivity index (χ2v) is 30.8. The predicted octanol–water partition coefficient (Wildman–Crippen LogP) is 18.5. The summed E-state index contributed by atoms with van der Waals surface area (Å²) in [5, 5.41) is 0.734. The minimum atomic E-state index is 0.102. The summed E-state index contributed by atoms with van der Waals surface area (Å²) < 4.78 is 21.5. The highest BCUT2D eigenvalue weighted by atomic mass is 35.5. The van der Waals surface area contributed by atoms with Crippen molar-refractivity contribution < 1.29 is 18.9 Å². The van der Waals surface area contributed by atoms with E-state index >= 15 is 0 Å². The number of rotatable bonds is 16. The number of hydrogen-bond acceptors (Lipinski definition) is 17. The van der Waals surface area contributed by atoms with Crippen LogP contribution in [0.3, 0.4) is 0 Å². The van der Waals surface area contributed by atoms with E-state index in [0.29, 0.717) is 29.2 Å². The smallest absolute Gasteiger partial charge is 0.213 e. The van der Waals surface area contributed by atoms with E-state index in [1.165, 1.54) is 66.9 Å². The van der Waals surface area contributed by atoms with Crippen molar-refractivity contribution in [1.29, 1.82) is 0 Å². The molecule has 6 aromatic heterocycles. The third-order valence-electron chi connectivity index (χ3n) is 23.4. The lowest BCUT2D eigenvalue weighted by molar-refractivity contribution is 0.351. The Kier molecular flexibility index (Phi) is 21.1. The van der Waals surface area contributed by atoms with Crippen molar-refractivity contribution in [3.8, 4) is 45.6 Å². The summed E-state index contributed by atoms with van der Waals surface area (Å²) in [6, 6.07) is 43.7. The molecule has 111 heavy (non-hydrogen) atoms. The molecule has 7 aliphatic rings. The molecule has 0 unspecified atom stereocenters. The van der Waals surface area contributed by atoms with E-state index in [4.69, 9.17) is 60.5 Å². The topological polar surface area (TPSA) is 207 Å². The van der Waals surface area contributed by atoms with Crippen LogP contribution in [0.15, 0.2) is 163 Å². The molecule has 5 aromatic carbocycles. The van der Waals surface area contributed by atoms with Gasteiger partial charge in [0.25, 0.3) is 0 Å². The molecular weight excluding hydrogens is 1400 g/mol. The first-order chi connectivity index (χ1) is 54.0. The van der Waals surface area contributed by atoms with Gasteiger partial charge in [0.15, 0.2) is 11.5 Å². The van der Waals surface area contributed by atoms with Gasteiger partial charge in [0.1, 0.15) is 53.8 Å². The van der Waals surface area contributed by atoms with Crippen LogP contribution in [0.2, 0.25) is 5.02 Å². The molecule has 0 atom stereocenters. The van der Waals surface area contributed by atoms with Crippen molar-refractivity contribution in [3.05, 3.63) is 253 Å². The molecule has 0 spiro atoms. The molecule has 0 amide bonds. The SMILES string of the molecule is COc1cc(C2=Cc3c(ncnc3N3CCC(c4nc(-c5ccc(Cl)cc5)c(C)[nH]4)CC3)C2)ccn1.COc1ccc(-c2nc(C3CCN(c4ncnc5c4C=C(c4ccc(C)cc4)C5)CC3)[nH]c2C)cc1OC.COc1ccc(C2=C(C)N=C(C3(C)CCN(c4ncnc5c4C=C(c4ccc(C)cc4)C5)CC3)C2)cc1. The molecule has 4 aliphatic heterocycles. The molecule has 10 heterocycles. The highest BCUT2D eigenvalue weighted by molar-refractivity contribution is 6.30. The Hall–Kier alpha value is -11.6. The molecule has 3 saturated heterocycles. The Morgan fingerprint density at radius 2 is 0.883 bits per heavy atom. The number of hydrogen-bond donors (Lipinski definition) is 2. The lowest BCUT2D eigenvalue weighted by atomic mass is 9.74. The number of piperidine rings is 3. The van der Waals surface area contributed by atoms with Crippen molar-refractivity contribution >= 4 is 75.3 Å². The van der Waals surface area contributed by atoms with Crippen LogP contribution in [0.5, 0.6) is 23.1 Å². The second-order valence-electron chi connectivity index (χ2n) is 30.4. The number of allylic oxidation sites excluding steroid dienone is 5. The Balaban J connectivity index is 0.000000126. The molecule has 18 rings (SSSR count). The minimum absolute atomic E-state index is 0.102. The standard InChI is InChI=1S/C32H34N4O.C31H33N5O2.C28H27ClN6O/c1-21-5-7-23(8-6-21)25-17-28-29(18-25)33-20-34-31(28)36-15-13-32(3,14-16-36)30-19-27(22(2)35-30)24-9-11-26(37-4)12-10-24;1-19-5-7-21(8-6-19)24-15-25-26(16-24)32-18-33-31(25)36-13-11-22(12-14-36)30-34-20(2)29(35-30)23-9-10-27(37-3)28(17-23)38-4;1-17-26(18-3-5-22(29)6-4-18)34-27(33-17)19-8-11-35(12-9-19)28-23-13-21(14-24(23)31-16-32-28)20-7-10-30-25(15-20)36-2/h5-12,17,20H,13-16,18-19H2,1-4H3;5-10,15,17-18,22H,11-14,16H2,1-4H3,(H,34,35);3-7,10,13,15-16,19H,8-9,11-12,14H2,1-2H3,(H,33,34). The molecule has 0 radical (unpaired) electrons. The van der Waals surface area contributed by atoms with Gasteiger partial charge in [-0.25, -0.2) is 44.9 Å². The number of nitrogens with zero attached hydrogens (tertiary/aromatic N) is 13. The fourth-order valence-corrected chi connectivity index (χ4v) is 16.8. The first-order valence-corrected chi connectivity index (χ1v) is 39.0. The number of ether oxygens (including phenoxy) is 4. The maximum absolute atomic E-state index is 6.06. The molecule has 0 saturated carbocycles. The number of nitrogens with one attached hydrogen (secondary N) is 2. The molecule has 19 nitrogen and oxygen atoms in total. The summed E-state index contributed by atoms with van der Waals surface area (Å²) in [6.07, 6.45) is 23.4. The summed E-state index contributed by atoms with van der Waals surface area (Å²) in [4.78, 5) is 61.7. The highest BCUT2D eigenvalue weighted by Crippen LogP contribution is 2.46. The number of imidazole rings is 2. The number of benzene rings is 5. The van der Waals surface area contributed by atoms with E-state index in [0.717, 1.165) is 211 Å². The number of H-pyrrole nitrogens is 2. The van der Waals surface area contributed by atoms with Crippen LogP contribution in [0.4, 0.5) is 17.5 Å². The monoisotopic (exact) mass is 1500 g/mol. The molecule has 3 fully saturated rings. The van der Waals surface area contributed by atoms with E-state index in [9.17, 15) is 0 Å². The maximum Gasteiger partial charge on any atom is 0.213 e. The number of aromatic amines is 2. The molecule has 3 aliphatic carbocycles. The van der Waals surface area contributed by atoms with Crippen molar-refractivity contribution in [2.75, 3.05) is 82.4 Å². The van der Waals surface area contributed by atoms with Gasteiger partial charge in [-0.05, 0) is 184 Å². The molecule has 11 aromatic rings. The number of aryl methyl sites for hydroxylation is 4. The zero-order chi connectivity index (χ0) is 76.4. The van der Waals surface area contributed by atoms with Gasteiger partial charge in [-0.15, -0.1) is 0 Å². The van der Waals surface area contributed by atoms with Crippen molar-refractivity contribution in [3.63, 3.8) is 0 Å². The Morgan fingerprint density at radius 1 is 0.432 bits per heavy atom. The lowest BCUT2D eigenvalue weighted by Gasteiger charge is -2.40. The van der Waals surface area contributed by atoms with Gasteiger partial charge in [0, 0.05) is 150 Å². The third-order valence-corrected chi connectivity index (χ3v) is 23.6. The number of aliphatic imine (C=N–C) groups is 1. The zero-order valence-electron chi connectivity index (χ0n) is 65.0. The summed E-state index contributed by atoms with van der Waals surface area (Å²) in [6.45, 7) is 18.6. The van der Waals surface area contributed by atoms with Crippen LogP contribution in [0.25, 0.3) is 63.0 Å². The Labute approximate surface area is 654 Å². The highest BCUT2D eigenvalue weighted by Gasteiger charge is 2.39. The predicted molar refractivity (Wildman–Crippen MR) is 445 cm³/mol. The second kappa shape index (κ2) is 31.8. The van der Waals surface area contributed by atoms with E-state index < -0.39 is 0 Å². The minimum Gasteiger partial charge on any atom is -0.497 e. The quantitative estimate of drug-likeness (QED) is 0.0922. The van der Waals surface area contributed by atoms with Gasteiger partial charge >= 0.3 is 0 Å². The van der Waals surface area contributed by atoms with Gasteiger partial charge in [-0.3, -0.25) is 4.99 Å². The van der Waals surface area contributed by atoms with Crippen LogP contribution < -0.4 is 33.6 Å². The molecule has 2 N–H and O–H groups in total. The van der Waals surface area contributed by atoms with E-state index in [1.54, 1.807) is 53.6 Å². The zero-order valence-corrected chi connectivity index (χ0v) is 65.7. The average Bonchev–Trinajstić information content (AvgIpc) is 1.67. The number of aromatic nitrogens is 11. The summed E-state index contributed by atoms with van der Waals surface area (Å²) in [7, 11) is 6.65. The molecule has 564 valence electrons. The largest absolute Gasteiger partial charge is 0.497 e. The maximum atomic E-state index is 6.06. The van der Waals surface area contributed by atoms with Crippen LogP contribution in [0, 0.1) is 33.1 Å². The van der Waals surface area contributed by atoms with E-state index in [1.807, 2.05) is 66.7 Å². The molecule has 20 heteroatoms. The Bertz CT molecular complexity index is 5420. The molecular formula is C91H94ClN15O4. The summed E-state index contributed by atoms with van der Waals surface area (Å²) >= 11 is 6.06. The fraction of sp³-hybridized carbons (Fsp3) is 0.319. The van der Waals surface area contributed by atoms with E-state index in [-0.39, 0.29) is 5.41 Å².